The van der Waals surface area contributed by atoms with Crippen molar-refractivity contribution < 1.29 is 32.0 Å². The van der Waals surface area contributed by atoms with Crippen LogP contribution in [0.4, 0.5) is 4.39 Å². The van der Waals surface area contributed by atoms with Crippen molar-refractivity contribution in [3.8, 4) is 28.3 Å². The fraction of sp³-hybridized carbons (Fsp3) is 0.200. The zero-order chi connectivity index (χ0) is 22.8. The highest BCUT2D eigenvalue weighted by atomic mass is 32.2. The Kier molecular flexibility index (Phi) is 6.39. The molecule has 1 amide bonds. The van der Waals surface area contributed by atoms with Gasteiger partial charge in [0.25, 0.3) is 0 Å². The number of carbonyl (C=O) groups excluding carboxylic acids is 1. The number of benzene rings is 2. The van der Waals surface area contributed by atoms with Gasteiger partial charge in [-0.25, -0.2) is 28.0 Å². The van der Waals surface area contributed by atoms with Crippen molar-refractivity contribution in [3.63, 3.8) is 0 Å². The van der Waals surface area contributed by atoms with Gasteiger partial charge in [0.15, 0.2) is 23.2 Å². The number of rotatable bonds is 7. The van der Waals surface area contributed by atoms with E-state index in [1.54, 1.807) is 12.1 Å². The van der Waals surface area contributed by atoms with Gasteiger partial charge in [-0.1, -0.05) is 12.1 Å². The third-order valence-corrected chi connectivity index (χ3v) is 5.42. The normalized spacial score (nSPS) is 11.4. The Labute approximate surface area is 177 Å². The number of nitrogens with two attached hydrogens (primary N) is 1. The van der Waals surface area contributed by atoms with Gasteiger partial charge in [0.1, 0.15) is 5.69 Å². The Bertz CT molecular complexity index is 1220. The van der Waals surface area contributed by atoms with Crippen LogP contribution in [-0.2, 0) is 21.2 Å². The average Bonchev–Trinajstić information content (AvgIpc) is 3.15. The molecular formula is C20H20FN3O6S. The van der Waals surface area contributed by atoms with E-state index in [-0.39, 0.29) is 46.4 Å². The number of hydroxylamine groups is 2. The Morgan fingerprint density at radius 2 is 2.00 bits per heavy atom. The van der Waals surface area contributed by atoms with Crippen LogP contribution >= 0.6 is 0 Å². The number of ether oxygens (including phenoxy) is 1. The number of oxazole rings is 1. The van der Waals surface area contributed by atoms with Crippen LogP contribution in [0.1, 0.15) is 12.3 Å². The number of aryl methyl sites for hydroxylation is 1. The number of sulfonamides is 1. The Hall–Kier alpha value is -3.28. The molecule has 0 saturated carbocycles. The molecule has 0 radical (unpaired) electrons. The van der Waals surface area contributed by atoms with Crippen molar-refractivity contribution in [3.05, 3.63) is 54.2 Å². The lowest BCUT2D eigenvalue weighted by Crippen LogP contribution is -2.22. The number of nitrogens with zero attached hydrogens (tertiary/aromatic N) is 2. The molecule has 1 aromatic heterocycles. The van der Waals surface area contributed by atoms with E-state index >= 15 is 0 Å². The number of methoxy groups -OCH3 is 1. The van der Waals surface area contributed by atoms with E-state index in [2.05, 4.69) is 4.98 Å². The fourth-order valence-electron chi connectivity index (χ4n) is 2.94. The lowest BCUT2D eigenvalue weighted by molar-refractivity contribution is -0.159. The second-order valence-electron chi connectivity index (χ2n) is 6.59. The number of carbonyl (C=O) groups is 1. The maximum atomic E-state index is 14.3. The molecule has 9 nitrogen and oxygen atoms in total. The summed E-state index contributed by atoms with van der Waals surface area (Å²) in [4.78, 5) is 15.8. The molecule has 0 saturated heterocycles. The predicted octanol–water partition coefficient (Wildman–Crippen LogP) is 2.58. The van der Waals surface area contributed by atoms with E-state index in [0.29, 0.717) is 10.6 Å². The summed E-state index contributed by atoms with van der Waals surface area (Å²) in [6.07, 6.45) is -0.0902. The molecule has 164 valence electrons. The van der Waals surface area contributed by atoms with E-state index in [1.165, 1.54) is 44.5 Å². The van der Waals surface area contributed by atoms with Gasteiger partial charge in [-0.2, -0.15) is 0 Å². The molecule has 0 atom stereocenters. The first kappa shape index (κ1) is 22.4. The Morgan fingerprint density at radius 1 is 1.29 bits per heavy atom. The third-order valence-electron chi connectivity index (χ3n) is 4.45. The largest absolute Gasteiger partial charge is 0.494 e. The van der Waals surface area contributed by atoms with Crippen molar-refractivity contribution >= 4 is 15.9 Å². The number of hydrogen-bond acceptors (Lipinski definition) is 7. The second-order valence-corrected chi connectivity index (χ2v) is 8.12. The first-order chi connectivity index (χ1) is 14.6. The number of halogens is 1. The zero-order valence-corrected chi connectivity index (χ0v) is 17.5. The fourth-order valence-corrected chi connectivity index (χ4v) is 3.68. The molecule has 0 aliphatic heterocycles. The molecule has 11 heteroatoms. The minimum absolute atomic E-state index is 0.0207. The summed E-state index contributed by atoms with van der Waals surface area (Å²) >= 11 is 0. The molecule has 0 fully saturated rings. The van der Waals surface area contributed by atoms with Crippen molar-refractivity contribution in [2.24, 2.45) is 5.14 Å². The number of hydrogen-bond donors (Lipinski definition) is 2. The minimum Gasteiger partial charge on any atom is -0.494 e. The molecule has 1 heterocycles. The molecule has 0 aliphatic rings. The third kappa shape index (κ3) is 4.90. The average molecular weight is 449 g/mol. The van der Waals surface area contributed by atoms with Crippen molar-refractivity contribution in [2.45, 2.75) is 17.7 Å². The topological polar surface area (TPSA) is 136 Å². The number of primary sulfonamides is 1. The molecule has 3 rings (SSSR count). The van der Waals surface area contributed by atoms with Gasteiger partial charge in [-0.15, -0.1) is 0 Å². The van der Waals surface area contributed by atoms with Gasteiger partial charge in [-0.3, -0.25) is 10.0 Å². The van der Waals surface area contributed by atoms with E-state index < -0.39 is 21.7 Å². The van der Waals surface area contributed by atoms with Crippen LogP contribution in [0.3, 0.4) is 0 Å². The monoisotopic (exact) mass is 449 g/mol. The van der Waals surface area contributed by atoms with E-state index in [0.717, 1.165) is 0 Å². The highest BCUT2D eigenvalue weighted by Crippen LogP contribution is 2.37. The number of amides is 1. The second kappa shape index (κ2) is 8.84. The van der Waals surface area contributed by atoms with Gasteiger partial charge in [0.05, 0.1) is 12.0 Å². The molecule has 3 N–H and O–H groups in total. The number of aromatic nitrogens is 1. The smallest absolute Gasteiger partial charge is 0.246 e. The molecule has 0 spiro atoms. The van der Waals surface area contributed by atoms with Crippen molar-refractivity contribution in [2.75, 3.05) is 14.2 Å². The van der Waals surface area contributed by atoms with Crippen LogP contribution in [0.5, 0.6) is 5.75 Å². The van der Waals surface area contributed by atoms with Crippen LogP contribution in [0.15, 0.2) is 51.8 Å². The first-order valence-electron chi connectivity index (χ1n) is 9.03. The maximum Gasteiger partial charge on any atom is 0.246 e. The molecule has 0 bridgehead atoms. The van der Waals surface area contributed by atoms with E-state index in [9.17, 15) is 22.8 Å². The van der Waals surface area contributed by atoms with Crippen LogP contribution in [0.25, 0.3) is 22.6 Å². The van der Waals surface area contributed by atoms with Gasteiger partial charge < -0.3 is 9.15 Å². The summed E-state index contributed by atoms with van der Waals surface area (Å²) in [5.41, 5.74) is 0.608. The maximum absolute atomic E-state index is 14.3. The summed E-state index contributed by atoms with van der Waals surface area (Å²) in [6.45, 7) is 0. The van der Waals surface area contributed by atoms with Crippen LogP contribution in [-0.4, -0.2) is 43.7 Å². The van der Waals surface area contributed by atoms with Gasteiger partial charge >= 0.3 is 0 Å². The van der Waals surface area contributed by atoms with Crippen molar-refractivity contribution in [1.29, 1.82) is 0 Å². The van der Waals surface area contributed by atoms with Crippen LogP contribution < -0.4 is 9.88 Å². The predicted molar refractivity (Wildman–Crippen MR) is 108 cm³/mol. The Balaban J connectivity index is 2.16. The minimum atomic E-state index is -4.10. The summed E-state index contributed by atoms with van der Waals surface area (Å²) in [7, 11) is -1.58. The quantitative estimate of drug-likeness (QED) is 0.418. The van der Waals surface area contributed by atoms with Crippen LogP contribution in [0, 0.1) is 5.82 Å². The SMILES string of the molecule is COc1ccc(-c2nc(CCC(=O)N(C)O)oc2-c2ccccc2S(N)(=O)=O)cc1F. The molecule has 0 unspecified atom stereocenters. The summed E-state index contributed by atoms with van der Waals surface area (Å²) in [5.74, 6) is -1.04. The first-order valence-corrected chi connectivity index (χ1v) is 10.6. The summed E-state index contributed by atoms with van der Waals surface area (Å²) in [5, 5.41) is 15.0. The lowest BCUT2D eigenvalue weighted by atomic mass is 10.1. The highest BCUT2D eigenvalue weighted by Gasteiger charge is 2.24. The summed E-state index contributed by atoms with van der Waals surface area (Å²) < 4.78 is 49.2. The van der Waals surface area contributed by atoms with E-state index in [4.69, 9.17) is 14.3 Å². The van der Waals surface area contributed by atoms with Gasteiger partial charge in [0.2, 0.25) is 15.9 Å². The molecular weight excluding hydrogens is 429 g/mol. The Morgan fingerprint density at radius 3 is 2.61 bits per heavy atom. The highest BCUT2D eigenvalue weighted by molar-refractivity contribution is 7.89. The summed E-state index contributed by atoms with van der Waals surface area (Å²) in [6, 6.07) is 10.0. The van der Waals surface area contributed by atoms with Gasteiger partial charge in [-0.05, 0) is 30.3 Å². The standard InChI is InChI=1S/C20H20FN3O6S/c1-24(26)18(25)10-9-17-23-19(12-7-8-15(29-2)14(21)11-12)20(30-17)13-5-3-4-6-16(13)31(22,27)28/h3-8,11,26H,9-10H2,1-2H3,(H2,22,27,28). The lowest BCUT2D eigenvalue weighted by Gasteiger charge is -2.08. The zero-order valence-electron chi connectivity index (χ0n) is 16.7. The van der Waals surface area contributed by atoms with Crippen LogP contribution in [0.2, 0.25) is 0 Å². The van der Waals surface area contributed by atoms with Crippen molar-refractivity contribution in [1.82, 2.24) is 10.0 Å². The van der Waals surface area contributed by atoms with E-state index in [1.807, 2.05) is 0 Å². The van der Waals surface area contributed by atoms with Gasteiger partial charge in [0, 0.05) is 31.0 Å². The molecule has 0 aliphatic carbocycles. The molecule has 31 heavy (non-hydrogen) atoms. The molecule has 3 aromatic rings. The molecule has 2 aromatic carbocycles.